The van der Waals surface area contributed by atoms with Crippen molar-refractivity contribution in [2.24, 2.45) is 0 Å². The molecular formula is C24H29N3O4. The number of rotatable bonds is 8. The van der Waals surface area contributed by atoms with E-state index in [2.05, 4.69) is 5.32 Å². The summed E-state index contributed by atoms with van der Waals surface area (Å²) in [4.78, 5) is 24.3. The van der Waals surface area contributed by atoms with Crippen LogP contribution in [0.5, 0.6) is 5.75 Å². The molecule has 2 aromatic rings. The molecule has 2 rings (SSSR count). The van der Waals surface area contributed by atoms with Crippen molar-refractivity contribution < 1.29 is 19.1 Å². The number of amides is 1. The molecule has 164 valence electrons. The molecule has 0 aliphatic rings. The second kappa shape index (κ2) is 9.98. The first kappa shape index (κ1) is 23.7. The number of nitrogens with zero attached hydrogens (tertiary/aromatic N) is 2. The molecule has 0 fully saturated rings. The fraction of sp³-hybridized carbons (Fsp3) is 0.375. The predicted molar refractivity (Wildman–Crippen MR) is 119 cm³/mol. The van der Waals surface area contributed by atoms with Gasteiger partial charge in [0.25, 0.3) is 5.91 Å². The van der Waals surface area contributed by atoms with Crippen molar-refractivity contribution in [2.75, 3.05) is 13.7 Å². The molecule has 1 amide bonds. The van der Waals surface area contributed by atoms with Gasteiger partial charge in [0.05, 0.1) is 7.11 Å². The maximum absolute atomic E-state index is 12.3. The average Bonchev–Trinajstić information content (AvgIpc) is 3.02. The summed E-state index contributed by atoms with van der Waals surface area (Å²) in [6, 6.07) is 11.4. The van der Waals surface area contributed by atoms with Crippen LogP contribution in [0, 0.1) is 25.2 Å². The summed E-state index contributed by atoms with van der Waals surface area (Å²) in [5.41, 5.74) is 2.91. The Kier molecular flexibility index (Phi) is 7.65. The molecule has 0 atom stereocenters. The van der Waals surface area contributed by atoms with Crippen LogP contribution in [0.4, 0.5) is 0 Å². The van der Waals surface area contributed by atoms with E-state index in [1.165, 1.54) is 6.08 Å². The smallest absolute Gasteiger partial charge is 0.349 e. The number of ether oxygens (including phenoxy) is 2. The monoisotopic (exact) mass is 423 g/mol. The zero-order chi connectivity index (χ0) is 23.2. The fourth-order valence-corrected chi connectivity index (χ4v) is 3.07. The van der Waals surface area contributed by atoms with E-state index < -0.39 is 24.0 Å². The summed E-state index contributed by atoms with van der Waals surface area (Å²) < 4.78 is 12.3. The normalized spacial score (nSPS) is 11.6. The van der Waals surface area contributed by atoms with Gasteiger partial charge >= 0.3 is 5.97 Å². The standard InChI is InChI=1S/C24H29N3O4/c1-7-24(4,5)26-22(28)15-31-23(29)19(14-25)13-18-12-16(2)27(17(18)3)20-8-10-21(30-6)11-9-20/h8-13H,7,15H2,1-6H3,(H,26,28)/b19-13+. The Morgan fingerprint density at radius 1 is 1.23 bits per heavy atom. The van der Waals surface area contributed by atoms with Crippen LogP contribution in [-0.2, 0) is 14.3 Å². The van der Waals surface area contributed by atoms with E-state index in [1.54, 1.807) is 7.11 Å². The minimum absolute atomic E-state index is 0.169. The molecule has 0 aliphatic heterocycles. The molecule has 0 aliphatic carbocycles. The van der Waals surface area contributed by atoms with Gasteiger partial charge in [-0.1, -0.05) is 6.92 Å². The Hall–Kier alpha value is -3.53. The van der Waals surface area contributed by atoms with Gasteiger partial charge in [0, 0.05) is 22.6 Å². The molecular weight excluding hydrogens is 394 g/mol. The Labute approximate surface area is 183 Å². The fourth-order valence-electron chi connectivity index (χ4n) is 3.07. The van der Waals surface area contributed by atoms with Gasteiger partial charge in [0.15, 0.2) is 6.61 Å². The molecule has 0 saturated carbocycles. The van der Waals surface area contributed by atoms with Gasteiger partial charge in [0.1, 0.15) is 17.4 Å². The minimum Gasteiger partial charge on any atom is -0.497 e. The third-order valence-corrected chi connectivity index (χ3v) is 5.14. The molecule has 0 saturated heterocycles. The van der Waals surface area contributed by atoms with Gasteiger partial charge in [-0.3, -0.25) is 4.79 Å². The number of hydrogen-bond acceptors (Lipinski definition) is 5. The quantitative estimate of drug-likeness (QED) is 0.395. The van der Waals surface area contributed by atoms with E-state index >= 15 is 0 Å². The second-order valence-corrected chi connectivity index (χ2v) is 7.89. The predicted octanol–water partition coefficient (Wildman–Crippen LogP) is 3.86. The maximum atomic E-state index is 12.3. The van der Waals surface area contributed by atoms with Crippen LogP contribution < -0.4 is 10.1 Å². The Balaban J connectivity index is 2.19. The minimum atomic E-state index is -0.832. The maximum Gasteiger partial charge on any atom is 0.349 e. The lowest BCUT2D eigenvalue weighted by Crippen LogP contribution is -2.44. The molecule has 0 unspecified atom stereocenters. The van der Waals surface area contributed by atoms with Crippen molar-refractivity contribution in [3.63, 3.8) is 0 Å². The van der Waals surface area contributed by atoms with Crippen LogP contribution >= 0.6 is 0 Å². The summed E-state index contributed by atoms with van der Waals surface area (Å²) in [5, 5.41) is 12.2. The summed E-state index contributed by atoms with van der Waals surface area (Å²) in [6.07, 6.45) is 2.22. The number of carbonyl (C=O) groups is 2. The van der Waals surface area contributed by atoms with E-state index in [0.717, 1.165) is 34.8 Å². The Morgan fingerprint density at radius 3 is 2.42 bits per heavy atom. The second-order valence-electron chi connectivity index (χ2n) is 7.89. The SMILES string of the molecule is CCC(C)(C)NC(=O)COC(=O)/C(C#N)=C/c1cc(C)n(-c2ccc(OC)cc2)c1C. The third-order valence-electron chi connectivity index (χ3n) is 5.14. The van der Waals surface area contributed by atoms with Gasteiger partial charge in [-0.15, -0.1) is 0 Å². The lowest BCUT2D eigenvalue weighted by atomic mass is 10.0. The Morgan fingerprint density at radius 2 is 1.87 bits per heavy atom. The van der Waals surface area contributed by atoms with Gasteiger partial charge in [-0.2, -0.15) is 5.26 Å². The van der Waals surface area contributed by atoms with Crippen molar-refractivity contribution >= 4 is 18.0 Å². The Bertz CT molecular complexity index is 1020. The number of nitrogens with one attached hydrogen (secondary N) is 1. The first-order valence-corrected chi connectivity index (χ1v) is 10.0. The van der Waals surface area contributed by atoms with Crippen LogP contribution in [0.1, 0.15) is 44.1 Å². The average molecular weight is 424 g/mol. The highest BCUT2D eigenvalue weighted by atomic mass is 16.5. The number of aromatic nitrogens is 1. The van der Waals surface area contributed by atoms with E-state index in [1.807, 2.05) is 75.6 Å². The highest BCUT2D eigenvalue weighted by Gasteiger charge is 2.20. The highest BCUT2D eigenvalue weighted by Crippen LogP contribution is 2.24. The van der Waals surface area contributed by atoms with Gasteiger partial charge in [-0.25, -0.2) is 4.79 Å². The number of hydrogen-bond donors (Lipinski definition) is 1. The van der Waals surface area contributed by atoms with Crippen LogP contribution in [-0.4, -0.2) is 35.7 Å². The molecule has 31 heavy (non-hydrogen) atoms. The van der Waals surface area contributed by atoms with Crippen molar-refractivity contribution in [3.8, 4) is 17.5 Å². The largest absolute Gasteiger partial charge is 0.497 e. The number of methoxy groups -OCH3 is 1. The van der Waals surface area contributed by atoms with Crippen LogP contribution in [0.3, 0.4) is 0 Å². The highest BCUT2D eigenvalue weighted by molar-refractivity contribution is 5.99. The van der Waals surface area contributed by atoms with Crippen LogP contribution in [0.2, 0.25) is 0 Å². The van der Waals surface area contributed by atoms with Crippen molar-refractivity contribution in [2.45, 2.75) is 46.6 Å². The van der Waals surface area contributed by atoms with Crippen LogP contribution in [0.15, 0.2) is 35.9 Å². The zero-order valence-corrected chi connectivity index (χ0v) is 18.9. The van der Waals surface area contributed by atoms with E-state index in [9.17, 15) is 14.9 Å². The van der Waals surface area contributed by atoms with E-state index in [-0.39, 0.29) is 5.57 Å². The lowest BCUT2D eigenvalue weighted by Gasteiger charge is -2.24. The number of aryl methyl sites for hydroxylation is 1. The van der Waals surface area contributed by atoms with Crippen molar-refractivity contribution in [3.05, 3.63) is 52.9 Å². The topological polar surface area (TPSA) is 93.4 Å². The summed E-state index contributed by atoms with van der Waals surface area (Å²) in [7, 11) is 1.61. The first-order valence-electron chi connectivity index (χ1n) is 10.0. The number of nitriles is 1. The zero-order valence-electron chi connectivity index (χ0n) is 18.9. The summed E-state index contributed by atoms with van der Waals surface area (Å²) >= 11 is 0. The van der Waals surface area contributed by atoms with Crippen molar-refractivity contribution in [1.82, 2.24) is 9.88 Å². The molecule has 7 heteroatoms. The number of esters is 1. The molecule has 1 aromatic heterocycles. The molecule has 0 bridgehead atoms. The summed E-state index contributed by atoms with van der Waals surface area (Å²) in [6.45, 7) is 9.12. The third kappa shape index (κ3) is 5.98. The number of carbonyl (C=O) groups excluding carboxylic acids is 2. The van der Waals surface area contributed by atoms with Gasteiger partial charge in [-0.05, 0) is 76.1 Å². The molecule has 1 aromatic carbocycles. The van der Waals surface area contributed by atoms with Crippen LogP contribution in [0.25, 0.3) is 11.8 Å². The molecule has 1 heterocycles. The molecule has 7 nitrogen and oxygen atoms in total. The van der Waals surface area contributed by atoms with E-state index in [4.69, 9.17) is 9.47 Å². The van der Waals surface area contributed by atoms with E-state index in [0.29, 0.717) is 0 Å². The van der Waals surface area contributed by atoms with Gasteiger partial charge in [0.2, 0.25) is 0 Å². The van der Waals surface area contributed by atoms with Crippen molar-refractivity contribution in [1.29, 1.82) is 5.26 Å². The van der Waals surface area contributed by atoms with Gasteiger partial charge < -0.3 is 19.4 Å². The molecule has 0 radical (unpaired) electrons. The lowest BCUT2D eigenvalue weighted by molar-refractivity contribution is -0.144. The first-order chi connectivity index (χ1) is 14.6. The number of benzene rings is 1. The summed E-state index contributed by atoms with van der Waals surface area (Å²) in [5.74, 6) is -0.483. The molecule has 0 spiro atoms. The molecule has 1 N–H and O–H groups in total.